The molecule has 0 bridgehead atoms. The highest BCUT2D eigenvalue weighted by atomic mass is 16.5. The van der Waals surface area contributed by atoms with E-state index in [0.717, 1.165) is 39.2 Å². The first-order chi connectivity index (χ1) is 9.66. The Morgan fingerprint density at radius 2 is 2.25 bits per heavy atom. The highest BCUT2D eigenvalue weighted by Gasteiger charge is 2.50. The quantitative estimate of drug-likeness (QED) is 0.798. The van der Waals surface area contributed by atoms with Crippen LogP contribution in [0.5, 0.6) is 0 Å². The van der Waals surface area contributed by atoms with Crippen LogP contribution in [0.25, 0.3) is 0 Å². The van der Waals surface area contributed by atoms with Crippen molar-refractivity contribution in [1.82, 2.24) is 19.4 Å². The molecule has 1 atom stereocenters. The van der Waals surface area contributed by atoms with E-state index in [1.807, 2.05) is 18.1 Å². The number of imidazole rings is 1. The Balaban J connectivity index is 1.65. The van der Waals surface area contributed by atoms with E-state index in [0.29, 0.717) is 5.82 Å². The number of aryl methyl sites for hydroxylation is 1. The molecule has 2 fully saturated rings. The van der Waals surface area contributed by atoms with Gasteiger partial charge in [0.25, 0.3) is 5.91 Å². The number of nitrogens with zero attached hydrogens (tertiary/aromatic N) is 4. The van der Waals surface area contributed by atoms with Crippen LogP contribution in [0.3, 0.4) is 0 Å². The molecule has 2 aliphatic heterocycles. The van der Waals surface area contributed by atoms with Gasteiger partial charge in [-0.2, -0.15) is 0 Å². The maximum Gasteiger partial charge on any atom is 0.289 e. The Hall–Kier alpha value is -1.40. The summed E-state index contributed by atoms with van der Waals surface area (Å²) in [5, 5.41) is 0. The van der Waals surface area contributed by atoms with E-state index in [1.54, 1.807) is 17.9 Å². The third-order valence-electron chi connectivity index (χ3n) is 4.72. The summed E-state index contributed by atoms with van der Waals surface area (Å²) in [7, 11) is 3.60. The summed E-state index contributed by atoms with van der Waals surface area (Å²) in [6.45, 7) is 4.49. The second-order valence-corrected chi connectivity index (χ2v) is 5.79. The molecule has 0 aliphatic carbocycles. The summed E-state index contributed by atoms with van der Waals surface area (Å²) in [6, 6.07) is 0. The number of likely N-dealkylation sites (tertiary alicyclic amines) is 2. The largest absolute Gasteiger partial charge is 0.383 e. The molecule has 3 heterocycles. The number of carbonyl (C=O) groups is 1. The lowest BCUT2D eigenvalue weighted by Crippen LogP contribution is -2.62. The second kappa shape index (κ2) is 5.18. The van der Waals surface area contributed by atoms with Gasteiger partial charge in [0, 0.05) is 58.3 Å². The molecule has 6 nitrogen and oxygen atoms in total. The zero-order valence-electron chi connectivity index (χ0n) is 12.2. The van der Waals surface area contributed by atoms with Gasteiger partial charge in [-0.1, -0.05) is 0 Å². The molecule has 2 aliphatic rings. The third kappa shape index (κ3) is 2.13. The number of methoxy groups -OCH3 is 1. The summed E-state index contributed by atoms with van der Waals surface area (Å²) in [5.41, 5.74) is 0.194. The maximum absolute atomic E-state index is 12.5. The smallest absolute Gasteiger partial charge is 0.289 e. The second-order valence-electron chi connectivity index (χ2n) is 5.79. The summed E-state index contributed by atoms with van der Waals surface area (Å²) < 4.78 is 6.95. The Morgan fingerprint density at radius 1 is 1.45 bits per heavy atom. The number of ether oxygens (including phenoxy) is 1. The third-order valence-corrected chi connectivity index (χ3v) is 4.72. The van der Waals surface area contributed by atoms with Crippen molar-refractivity contribution in [3.63, 3.8) is 0 Å². The van der Waals surface area contributed by atoms with Crippen LogP contribution in [-0.4, -0.2) is 70.7 Å². The van der Waals surface area contributed by atoms with E-state index in [9.17, 15) is 4.79 Å². The first kappa shape index (κ1) is 13.6. The fourth-order valence-corrected chi connectivity index (χ4v) is 3.34. The minimum Gasteiger partial charge on any atom is -0.383 e. The van der Waals surface area contributed by atoms with Gasteiger partial charge in [-0.15, -0.1) is 0 Å². The molecular formula is C14H22N4O2. The Kier molecular flexibility index (Phi) is 3.52. The van der Waals surface area contributed by atoms with Crippen molar-refractivity contribution in [3.05, 3.63) is 18.2 Å². The van der Waals surface area contributed by atoms with Crippen LogP contribution in [0.2, 0.25) is 0 Å². The molecule has 1 aromatic rings. The topological polar surface area (TPSA) is 50.6 Å². The Morgan fingerprint density at radius 3 is 2.85 bits per heavy atom. The van der Waals surface area contributed by atoms with Crippen LogP contribution in [0.15, 0.2) is 12.4 Å². The number of carbonyl (C=O) groups excluding carboxylic acids is 1. The van der Waals surface area contributed by atoms with Gasteiger partial charge >= 0.3 is 0 Å². The van der Waals surface area contributed by atoms with Gasteiger partial charge in [-0.05, 0) is 12.8 Å². The highest BCUT2D eigenvalue weighted by molar-refractivity contribution is 5.91. The lowest BCUT2D eigenvalue weighted by Gasteiger charge is -2.50. The molecular weight excluding hydrogens is 256 g/mol. The van der Waals surface area contributed by atoms with Crippen LogP contribution < -0.4 is 0 Å². The standard InChI is InChI=1S/C14H22N4O2/c1-16-8-5-15-12(16)13(19)17-6-3-14(11-17)4-7-18(14)9-10-20-2/h5,8H,3-4,6-7,9-11H2,1-2H3/t14-/m0/s1. The summed E-state index contributed by atoms with van der Waals surface area (Å²) >= 11 is 0. The van der Waals surface area contributed by atoms with Crippen molar-refractivity contribution in [2.75, 3.05) is 39.9 Å². The van der Waals surface area contributed by atoms with Gasteiger partial charge in [0.1, 0.15) is 0 Å². The van der Waals surface area contributed by atoms with Crippen LogP contribution in [0, 0.1) is 0 Å². The van der Waals surface area contributed by atoms with Crippen molar-refractivity contribution in [1.29, 1.82) is 0 Å². The Bertz CT molecular complexity index is 501. The lowest BCUT2D eigenvalue weighted by molar-refractivity contribution is -0.0214. The summed E-state index contributed by atoms with van der Waals surface area (Å²) in [5.74, 6) is 0.581. The molecule has 0 radical (unpaired) electrons. The summed E-state index contributed by atoms with van der Waals surface area (Å²) in [6.07, 6.45) is 5.73. The van der Waals surface area contributed by atoms with E-state index in [2.05, 4.69) is 9.88 Å². The van der Waals surface area contributed by atoms with Gasteiger partial charge in [0.2, 0.25) is 0 Å². The number of aromatic nitrogens is 2. The molecule has 1 amide bonds. The van der Waals surface area contributed by atoms with Crippen molar-refractivity contribution < 1.29 is 9.53 Å². The van der Waals surface area contributed by atoms with E-state index < -0.39 is 0 Å². The minimum atomic E-state index is 0.0490. The normalized spacial score (nSPS) is 26.2. The molecule has 0 aromatic carbocycles. The molecule has 0 saturated carbocycles. The van der Waals surface area contributed by atoms with Crippen LogP contribution in [-0.2, 0) is 11.8 Å². The molecule has 20 heavy (non-hydrogen) atoms. The highest BCUT2D eigenvalue weighted by Crippen LogP contribution is 2.39. The molecule has 0 N–H and O–H groups in total. The first-order valence-electron chi connectivity index (χ1n) is 7.17. The van der Waals surface area contributed by atoms with Gasteiger partial charge in [-0.25, -0.2) is 4.98 Å². The molecule has 1 aromatic heterocycles. The predicted octanol–water partition coefficient (Wildman–Crippen LogP) is 0.357. The first-order valence-corrected chi connectivity index (χ1v) is 7.17. The average Bonchev–Trinajstić information content (AvgIpc) is 3.05. The molecule has 0 unspecified atom stereocenters. The molecule has 110 valence electrons. The fraction of sp³-hybridized carbons (Fsp3) is 0.714. The van der Waals surface area contributed by atoms with Crippen molar-refractivity contribution >= 4 is 5.91 Å². The SMILES string of the molecule is COCCN1CC[C@]12CCN(C(=O)c1nccn1C)C2. The van der Waals surface area contributed by atoms with Gasteiger partial charge in [0.15, 0.2) is 5.82 Å². The van der Waals surface area contributed by atoms with E-state index in [1.165, 1.54) is 6.42 Å². The average molecular weight is 278 g/mol. The molecule has 6 heteroatoms. The van der Waals surface area contributed by atoms with Crippen molar-refractivity contribution in [2.45, 2.75) is 18.4 Å². The van der Waals surface area contributed by atoms with Gasteiger partial charge in [0.05, 0.1) is 6.61 Å². The van der Waals surface area contributed by atoms with Crippen molar-refractivity contribution in [2.24, 2.45) is 7.05 Å². The number of amides is 1. The van der Waals surface area contributed by atoms with Gasteiger partial charge in [-0.3, -0.25) is 9.69 Å². The van der Waals surface area contributed by atoms with E-state index in [-0.39, 0.29) is 11.4 Å². The lowest BCUT2D eigenvalue weighted by atomic mass is 9.84. The molecule has 1 spiro atoms. The predicted molar refractivity (Wildman–Crippen MR) is 74.5 cm³/mol. The van der Waals surface area contributed by atoms with Crippen molar-refractivity contribution in [3.8, 4) is 0 Å². The van der Waals surface area contributed by atoms with Crippen LogP contribution in [0.4, 0.5) is 0 Å². The molecule has 3 rings (SSSR count). The Labute approximate surface area is 119 Å². The molecule has 2 saturated heterocycles. The van der Waals surface area contributed by atoms with E-state index in [4.69, 9.17) is 4.74 Å². The monoisotopic (exact) mass is 278 g/mol. The zero-order valence-corrected chi connectivity index (χ0v) is 12.2. The minimum absolute atomic E-state index is 0.0490. The number of hydrogen-bond donors (Lipinski definition) is 0. The number of hydrogen-bond acceptors (Lipinski definition) is 4. The van der Waals surface area contributed by atoms with Crippen LogP contribution >= 0.6 is 0 Å². The summed E-state index contributed by atoms with van der Waals surface area (Å²) in [4.78, 5) is 21.0. The van der Waals surface area contributed by atoms with E-state index >= 15 is 0 Å². The zero-order chi connectivity index (χ0) is 14.2. The van der Waals surface area contributed by atoms with Crippen LogP contribution in [0.1, 0.15) is 23.5 Å². The number of rotatable bonds is 4. The maximum atomic E-state index is 12.5. The van der Waals surface area contributed by atoms with Gasteiger partial charge < -0.3 is 14.2 Å². The fourth-order valence-electron chi connectivity index (χ4n) is 3.34.